The number of ether oxygens (including phenoxy) is 1. The molecule has 3 atom stereocenters. The monoisotopic (exact) mass is 781 g/mol. The predicted molar refractivity (Wildman–Crippen MR) is 142 cm³/mol. The van der Waals surface area contributed by atoms with Crippen molar-refractivity contribution in [1.82, 2.24) is 24.6 Å². The molecule has 1 aliphatic rings. The largest absolute Gasteiger partial charge is 3.00 e. The number of hydrogen-bond donors (Lipinski definition) is 3. The summed E-state index contributed by atoms with van der Waals surface area (Å²) in [5.74, 6) is 0.694. The summed E-state index contributed by atoms with van der Waals surface area (Å²) in [7, 11) is -12.5. The van der Waals surface area contributed by atoms with Gasteiger partial charge in [-0.3, -0.25) is 24.6 Å². The van der Waals surface area contributed by atoms with Gasteiger partial charge in [-0.05, 0) is 24.3 Å². The molecule has 0 aliphatic carbocycles. The van der Waals surface area contributed by atoms with E-state index >= 15 is 0 Å². The van der Waals surface area contributed by atoms with Crippen LogP contribution in [0.2, 0.25) is 0 Å². The van der Waals surface area contributed by atoms with Crippen molar-refractivity contribution in [2.24, 2.45) is 0 Å². The molecule has 232 valence electrons. The second kappa shape index (κ2) is 16.4. The van der Waals surface area contributed by atoms with Crippen LogP contribution in [0.4, 0.5) is 0 Å². The van der Waals surface area contributed by atoms with Crippen LogP contribution in [0.3, 0.4) is 0 Å². The molecule has 1 aromatic carbocycles. The average molecular weight is 781 g/mol. The first-order valence-corrected chi connectivity index (χ1v) is 17.8. The Kier molecular flexibility index (Phi) is 14.8. The van der Waals surface area contributed by atoms with Crippen molar-refractivity contribution in [1.29, 1.82) is 0 Å². The summed E-state index contributed by atoms with van der Waals surface area (Å²) in [6.07, 6.45) is -2.01. The predicted octanol–water partition coefficient (Wildman–Crippen LogP) is -1.53. The third-order valence-corrected chi connectivity index (χ3v) is 8.68. The van der Waals surface area contributed by atoms with E-state index in [-0.39, 0.29) is 77.9 Å². The molecule has 1 aliphatic heterocycles. The van der Waals surface area contributed by atoms with Gasteiger partial charge in [-0.15, -0.1) is 0 Å². The molecule has 3 unspecified atom stereocenters. The number of nitrogens with zero attached hydrogens (tertiary/aromatic N) is 5. The Balaban J connectivity index is 0.00000588. The second-order valence-electron chi connectivity index (χ2n) is 9.83. The summed E-state index contributed by atoms with van der Waals surface area (Å²) in [4.78, 5) is 74.2. The van der Waals surface area contributed by atoms with Gasteiger partial charge in [0.2, 0.25) is 0 Å². The van der Waals surface area contributed by atoms with Crippen molar-refractivity contribution in [2.45, 2.75) is 6.54 Å². The van der Waals surface area contributed by atoms with Crippen LogP contribution in [0.15, 0.2) is 30.3 Å². The average Bonchev–Trinajstić information content (AvgIpc) is 2.82. The molecule has 0 saturated carbocycles. The fourth-order valence-electron chi connectivity index (χ4n) is 4.51. The molecule has 19 heteroatoms. The third-order valence-electron chi connectivity index (χ3n) is 6.41. The van der Waals surface area contributed by atoms with E-state index in [2.05, 4.69) is 0 Å². The van der Waals surface area contributed by atoms with Gasteiger partial charge in [-0.2, -0.15) is 0 Å². The third kappa shape index (κ3) is 14.6. The maximum absolute atomic E-state index is 11.7. The molecular weight excluding hydrogens is 746 g/mol. The number of methoxy groups -OCH3 is 1. The molecule has 3 rings (SSSR count). The molecular formula is C22H35N5O10P3Tb. The Morgan fingerprint density at radius 1 is 0.732 bits per heavy atom. The van der Waals surface area contributed by atoms with Crippen LogP contribution in [0.1, 0.15) is 5.69 Å². The summed E-state index contributed by atoms with van der Waals surface area (Å²) < 4.78 is 40.2. The number of benzene rings is 1. The van der Waals surface area contributed by atoms with Crippen molar-refractivity contribution in [2.75, 3.05) is 78.3 Å². The van der Waals surface area contributed by atoms with Crippen LogP contribution in [0.25, 0.3) is 10.9 Å². The van der Waals surface area contributed by atoms with Gasteiger partial charge in [0.05, 0.1) is 37.2 Å². The Morgan fingerprint density at radius 2 is 1.15 bits per heavy atom. The number of pyridine rings is 1. The van der Waals surface area contributed by atoms with Crippen LogP contribution < -0.4 is 19.4 Å². The molecule has 41 heavy (non-hydrogen) atoms. The Hall–Kier alpha value is 0.00571. The molecule has 15 nitrogen and oxygen atoms in total. The van der Waals surface area contributed by atoms with Crippen LogP contribution in [-0.4, -0.2) is 118 Å². The fraction of sp³-hybridized carbons (Fsp3) is 0.591. The van der Waals surface area contributed by atoms with Crippen LogP contribution in [-0.2, 0) is 20.2 Å². The molecule has 2 heterocycles. The SMILES string of the molecule is COc1ccc2nc(CN3CCN(CP(=O)([O-])O)CCN(CP(=O)([O-])O)CCN(CP(=O)([O-])O)CC3)ccc2c1.[Tb+3]. The van der Waals surface area contributed by atoms with E-state index in [0.717, 1.165) is 16.6 Å². The molecule has 0 bridgehead atoms. The standard InChI is InChI=1S/C22H38N5O10P3.Tb/c1-37-21-4-5-22-19(14-21)2-3-20(23-22)15-24-6-8-25(16-38(28,29)30)10-12-27(18-40(34,35)36)13-11-26(9-7-24)17-39(31,32)33;/h2-5,14H,6-13,15-18H2,1H3,(H2,28,29,30)(H2,31,32,33)(H2,34,35,36);/q;+3/p-3. The molecule has 3 N–H and O–H groups in total. The van der Waals surface area contributed by atoms with Gasteiger partial charge in [-0.25, -0.2) is 0 Å². The summed E-state index contributed by atoms with van der Waals surface area (Å²) in [5.41, 5.74) is 1.46. The van der Waals surface area contributed by atoms with Gasteiger partial charge in [0.25, 0.3) is 0 Å². The van der Waals surface area contributed by atoms with Gasteiger partial charge in [0.15, 0.2) is 0 Å². The number of rotatable bonds is 9. The topological polar surface area (TPSA) is 216 Å². The Bertz CT molecular complexity index is 1240. The molecule has 1 saturated heterocycles. The minimum absolute atomic E-state index is 0. The number of hydrogen-bond acceptors (Lipinski definition) is 12. The fourth-order valence-corrected chi connectivity index (χ4v) is 6.87. The minimum Gasteiger partial charge on any atom is -0.778 e. The first-order chi connectivity index (χ1) is 18.6. The van der Waals surface area contributed by atoms with E-state index in [9.17, 15) is 43.1 Å². The van der Waals surface area contributed by atoms with Crippen molar-refractivity contribution >= 4 is 33.7 Å². The maximum Gasteiger partial charge on any atom is 3.00 e. The van der Waals surface area contributed by atoms with Gasteiger partial charge >= 0.3 is 38.6 Å². The normalized spacial score (nSPS) is 21.9. The van der Waals surface area contributed by atoms with Crippen LogP contribution in [0.5, 0.6) is 5.75 Å². The second-order valence-corrected chi connectivity index (χ2v) is 14.5. The molecule has 0 amide bonds. The van der Waals surface area contributed by atoms with E-state index in [0.29, 0.717) is 25.4 Å². The Labute approximate surface area is 269 Å². The zero-order valence-corrected chi connectivity index (χ0v) is 27.3. The van der Waals surface area contributed by atoms with E-state index < -0.39 is 41.6 Å². The summed E-state index contributed by atoms with van der Waals surface area (Å²) >= 11 is 0. The van der Waals surface area contributed by atoms with Gasteiger partial charge in [0, 0.05) is 64.3 Å². The molecule has 0 radical (unpaired) electrons. The van der Waals surface area contributed by atoms with Crippen molar-refractivity contribution in [3.05, 3.63) is 36.0 Å². The van der Waals surface area contributed by atoms with Crippen molar-refractivity contribution < 1.29 is 86.4 Å². The van der Waals surface area contributed by atoms with Crippen LogP contribution in [0, 0.1) is 38.6 Å². The smallest absolute Gasteiger partial charge is 0.778 e. The van der Waals surface area contributed by atoms with Crippen molar-refractivity contribution in [3.8, 4) is 5.75 Å². The molecule has 1 fully saturated rings. The minimum atomic E-state index is -4.72. The summed E-state index contributed by atoms with van der Waals surface area (Å²) in [6.45, 7) is 1.47. The maximum atomic E-state index is 11.7. The van der Waals surface area contributed by atoms with E-state index in [4.69, 9.17) is 9.72 Å². The zero-order valence-electron chi connectivity index (χ0n) is 22.5. The molecule has 1 aromatic heterocycles. The van der Waals surface area contributed by atoms with Gasteiger partial charge < -0.3 is 47.8 Å². The van der Waals surface area contributed by atoms with Gasteiger partial charge in [-0.1, -0.05) is 6.07 Å². The molecule has 2 aromatic rings. The molecule has 0 spiro atoms. The summed E-state index contributed by atoms with van der Waals surface area (Å²) in [5, 5.41) is 0.882. The first kappa shape index (κ1) is 37.2. The first-order valence-electron chi connectivity index (χ1n) is 12.5. The Morgan fingerprint density at radius 3 is 1.54 bits per heavy atom. The summed E-state index contributed by atoms with van der Waals surface area (Å²) in [6, 6.07) is 9.23. The van der Waals surface area contributed by atoms with Crippen molar-refractivity contribution in [3.63, 3.8) is 0 Å². The van der Waals surface area contributed by atoms with Crippen LogP contribution >= 0.6 is 22.8 Å². The van der Waals surface area contributed by atoms with E-state index in [1.165, 1.54) is 14.7 Å². The van der Waals surface area contributed by atoms with Gasteiger partial charge in [0.1, 0.15) is 28.5 Å². The van der Waals surface area contributed by atoms with E-state index in [1.54, 1.807) is 13.2 Å². The quantitative estimate of drug-likeness (QED) is 0.246. The van der Waals surface area contributed by atoms with E-state index in [1.807, 2.05) is 29.2 Å². The zero-order chi connectivity index (χ0) is 29.6. The number of fused-ring (bicyclic) bond motifs is 1. The number of aromatic nitrogens is 1.